The molecule has 1 aromatic rings. The minimum absolute atomic E-state index is 0.580. The molecule has 1 fully saturated rings. The van der Waals surface area contributed by atoms with Gasteiger partial charge in [0.15, 0.2) is 0 Å². The summed E-state index contributed by atoms with van der Waals surface area (Å²) in [5, 5.41) is 0. The van der Waals surface area contributed by atoms with Crippen LogP contribution in [0.3, 0.4) is 0 Å². The number of hydrogen-bond acceptors (Lipinski definition) is 2. The first kappa shape index (κ1) is 11.0. The Bertz CT molecular complexity index is 382. The molecule has 1 heterocycles. The van der Waals surface area contributed by atoms with Gasteiger partial charge in [0.25, 0.3) is 0 Å². The van der Waals surface area contributed by atoms with Gasteiger partial charge in [-0.1, -0.05) is 6.07 Å². The summed E-state index contributed by atoms with van der Waals surface area (Å²) in [5.74, 6) is 0.580. The van der Waals surface area contributed by atoms with Gasteiger partial charge in [-0.25, -0.2) is 0 Å². The van der Waals surface area contributed by atoms with Gasteiger partial charge in [0.2, 0.25) is 6.41 Å². The Morgan fingerprint density at radius 1 is 1.38 bits per heavy atom. The molecule has 0 saturated carbocycles. The maximum absolute atomic E-state index is 10.6. The fourth-order valence-electron chi connectivity index (χ4n) is 2.47. The number of rotatable bonds is 2. The van der Waals surface area contributed by atoms with E-state index in [-0.39, 0.29) is 0 Å². The highest BCUT2D eigenvalue weighted by Gasteiger charge is 2.20. The normalized spacial score (nSPS) is 17.4. The smallest absolute Gasteiger partial charge is 0.209 e. The standard InChI is InChI=1S/C13H18N2O/c1-10-8-12(14)2-3-13(10)11-4-6-15(9-16)7-5-11/h2-3,8-9,11H,4-7,14H2,1H3. The zero-order chi connectivity index (χ0) is 11.5. The number of likely N-dealkylation sites (tertiary alicyclic amines) is 1. The first-order valence-electron chi connectivity index (χ1n) is 5.76. The molecule has 1 aromatic carbocycles. The fraction of sp³-hybridized carbons (Fsp3) is 0.462. The van der Waals surface area contributed by atoms with Crippen molar-refractivity contribution in [2.75, 3.05) is 18.8 Å². The predicted molar refractivity (Wildman–Crippen MR) is 65.2 cm³/mol. The lowest BCUT2D eigenvalue weighted by Crippen LogP contribution is -2.31. The molecule has 0 radical (unpaired) electrons. The quantitative estimate of drug-likeness (QED) is 0.609. The van der Waals surface area contributed by atoms with E-state index in [9.17, 15) is 4.79 Å². The van der Waals surface area contributed by atoms with Gasteiger partial charge >= 0.3 is 0 Å². The average molecular weight is 218 g/mol. The zero-order valence-corrected chi connectivity index (χ0v) is 9.65. The Balaban J connectivity index is 2.11. The van der Waals surface area contributed by atoms with Gasteiger partial charge in [-0.2, -0.15) is 0 Å². The molecular formula is C13H18N2O. The number of amides is 1. The van der Waals surface area contributed by atoms with E-state index in [1.54, 1.807) is 0 Å². The Kier molecular flexibility index (Phi) is 3.13. The second kappa shape index (κ2) is 4.56. The molecule has 0 unspecified atom stereocenters. The first-order valence-corrected chi connectivity index (χ1v) is 5.76. The van der Waals surface area contributed by atoms with Crippen molar-refractivity contribution in [1.29, 1.82) is 0 Å². The molecule has 2 N–H and O–H groups in total. The van der Waals surface area contributed by atoms with E-state index in [1.807, 2.05) is 17.0 Å². The van der Waals surface area contributed by atoms with Gasteiger partial charge in [0.05, 0.1) is 0 Å². The van der Waals surface area contributed by atoms with Gasteiger partial charge in [-0.15, -0.1) is 0 Å². The van der Waals surface area contributed by atoms with Crippen molar-refractivity contribution < 1.29 is 4.79 Å². The number of hydrogen-bond donors (Lipinski definition) is 1. The highest BCUT2D eigenvalue weighted by atomic mass is 16.1. The number of benzene rings is 1. The van der Waals surface area contributed by atoms with Gasteiger partial charge < -0.3 is 10.6 Å². The predicted octanol–water partition coefficient (Wildman–Crippen LogP) is 1.91. The highest BCUT2D eigenvalue weighted by Crippen LogP contribution is 2.30. The highest BCUT2D eigenvalue weighted by molar-refractivity contribution is 5.48. The van der Waals surface area contributed by atoms with Crippen LogP contribution in [0, 0.1) is 6.92 Å². The van der Waals surface area contributed by atoms with E-state index < -0.39 is 0 Å². The summed E-state index contributed by atoms with van der Waals surface area (Å²) < 4.78 is 0. The minimum Gasteiger partial charge on any atom is -0.399 e. The number of nitrogen functional groups attached to an aromatic ring is 1. The zero-order valence-electron chi connectivity index (χ0n) is 9.65. The molecule has 0 bridgehead atoms. The third kappa shape index (κ3) is 2.18. The van der Waals surface area contributed by atoms with Crippen molar-refractivity contribution in [2.45, 2.75) is 25.7 Å². The van der Waals surface area contributed by atoms with E-state index in [2.05, 4.69) is 13.0 Å². The molecule has 1 amide bonds. The van der Waals surface area contributed by atoms with Crippen molar-refractivity contribution in [2.24, 2.45) is 0 Å². The van der Waals surface area contributed by atoms with Crippen molar-refractivity contribution >= 4 is 12.1 Å². The molecule has 0 aliphatic carbocycles. The first-order chi connectivity index (χ1) is 7.70. The molecule has 0 spiro atoms. The molecule has 2 rings (SSSR count). The third-order valence-electron chi connectivity index (χ3n) is 3.41. The van der Waals surface area contributed by atoms with Crippen molar-refractivity contribution in [1.82, 2.24) is 4.90 Å². The molecule has 3 heteroatoms. The largest absolute Gasteiger partial charge is 0.399 e. The topological polar surface area (TPSA) is 46.3 Å². The molecule has 0 atom stereocenters. The van der Waals surface area contributed by atoms with Crippen molar-refractivity contribution in [3.8, 4) is 0 Å². The maximum atomic E-state index is 10.6. The summed E-state index contributed by atoms with van der Waals surface area (Å²) in [4.78, 5) is 12.5. The molecule has 1 aliphatic heterocycles. The van der Waals surface area contributed by atoms with Crippen LogP contribution in [0.25, 0.3) is 0 Å². The number of carbonyl (C=O) groups excluding carboxylic acids is 1. The van der Waals surface area contributed by atoms with Crippen LogP contribution in [-0.2, 0) is 4.79 Å². The summed E-state index contributed by atoms with van der Waals surface area (Å²) in [7, 11) is 0. The van der Waals surface area contributed by atoms with Crippen LogP contribution in [0.2, 0.25) is 0 Å². The van der Waals surface area contributed by atoms with E-state index in [1.165, 1.54) is 11.1 Å². The van der Waals surface area contributed by atoms with Gasteiger partial charge in [-0.3, -0.25) is 4.79 Å². The summed E-state index contributed by atoms with van der Waals surface area (Å²) in [5.41, 5.74) is 9.23. The van der Waals surface area contributed by atoms with Crippen molar-refractivity contribution in [3.63, 3.8) is 0 Å². The van der Waals surface area contributed by atoms with Crippen LogP contribution >= 0.6 is 0 Å². The number of piperidine rings is 1. The summed E-state index contributed by atoms with van der Waals surface area (Å²) in [6.45, 7) is 3.85. The molecule has 1 saturated heterocycles. The summed E-state index contributed by atoms with van der Waals surface area (Å²) >= 11 is 0. The van der Waals surface area contributed by atoms with Crippen LogP contribution in [0.5, 0.6) is 0 Å². The van der Waals surface area contributed by atoms with Crippen LogP contribution in [0.4, 0.5) is 5.69 Å². The Morgan fingerprint density at radius 2 is 2.06 bits per heavy atom. The van der Waals surface area contributed by atoms with E-state index in [0.717, 1.165) is 38.0 Å². The van der Waals surface area contributed by atoms with Gasteiger partial charge in [-0.05, 0) is 48.9 Å². The van der Waals surface area contributed by atoms with Gasteiger partial charge in [0, 0.05) is 18.8 Å². The second-order valence-corrected chi connectivity index (χ2v) is 4.53. The third-order valence-corrected chi connectivity index (χ3v) is 3.41. The number of aryl methyl sites for hydroxylation is 1. The number of carbonyl (C=O) groups is 1. The second-order valence-electron chi connectivity index (χ2n) is 4.53. The summed E-state index contributed by atoms with van der Waals surface area (Å²) in [6, 6.07) is 6.13. The summed E-state index contributed by atoms with van der Waals surface area (Å²) in [6.07, 6.45) is 3.07. The number of anilines is 1. The molecule has 3 nitrogen and oxygen atoms in total. The SMILES string of the molecule is Cc1cc(N)ccc1C1CCN(C=O)CC1. The molecule has 86 valence electrons. The lowest BCUT2D eigenvalue weighted by atomic mass is 9.87. The van der Waals surface area contributed by atoms with E-state index >= 15 is 0 Å². The molecule has 16 heavy (non-hydrogen) atoms. The molecular weight excluding hydrogens is 200 g/mol. The average Bonchev–Trinajstić information content (AvgIpc) is 2.29. The minimum atomic E-state index is 0.580. The van der Waals surface area contributed by atoms with Crippen LogP contribution in [0.1, 0.15) is 29.9 Å². The molecule has 0 aromatic heterocycles. The lowest BCUT2D eigenvalue weighted by Gasteiger charge is -2.30. The number of nitrogens with two attached hydrogens (primary N) is 1. The van der Waals surface area contributed by atoms with Crippen LogP contribution in [0.15, 0.2) is 18.2 Å². The van der Waals surface area contributed by atoms with Crippen LogP contribution < -0.4 is 5.73 Å². The number of nitrogens with zero attached hydrogens (tertiary/aromatic N) is 1. The van der Waals surface area contributed by atoms with Crippen molar-refractivity contribution in [3.05, 3.63) is 29.3 Å². The Labute approximate surface area is 96.2 Å². The molecule has 1 aliphatic rings. The fourth-order valence-corrected chi connectivity index (χ4v) is 2.47. The maximum Gasteiger partial charge on any atom is 0.209 e. The lowest BCUT2D eigenvalue weighted by molar-refractivity contribution is -0.119. The van der Waals surface area contributed by atoms with E-state index in [4.69, 9.17) is 5.73 Å². The monoisotopic (exact) mass is 218 g/mol. The van der Waals surface area contributed by atoms with E-state index in [0.29, 0.717) is 5.92 Å². The van der Waals surface area contributed by atoms with Gasteiger partial charge in [0.1, 0.15) is 0 Å². The van der Waals surface area contributed by atoms with Crippen LogP contribution in [-0.4, -0.2) is 24.4 Å². The Morgan fingerprint density at radius 3 is 2.62 bits per heavy atom. The Hall–Kier alpha value is -1.51.